The number of hydrogen-bond donors (Lipinski definition) is 1. The number of halogens is 1. The van der Waals surface area contributed by atoms with Crippen molar-refractivity contribution in [3.8, 4) is 0 Å². The molecule has 88 valence electrons. The number of aliphatic hydroxyl groups is 1. The quantitative estimate of drug-likeness (QED) is 0.861. The van der Waals surface area contributed by atoms with Gasteiger partial charge in [-0.1, -0.05) is 17.7 Å². The molecule has 0 radical (unpaired) electrons. The van der Waals surface area contributed by atoms with Crippen LogP contribution in [0.5, 0.6) is 0 Å². The number of anilines is 1. The first-order valence-corrected chi connectivity index (χ1v) is 5.91. The van der Waals surface area contributed by atoms with E-state index in [4.69, 9.17) is 21.4 Å². The summed E-state index contributed by atoms with van der Waals surface area (Å²) in [7, 11) is 0. The second-order valence-corrected chi connectivity index (χ2v) is 4.29. The molecule has 3 nitrogen and oxygen atoms in total. The van der Waals surface area contributed by atoms with Crippen LogP contribution in [-0.2, 0) is 11.3 Å². The Labute approximate surface area is 101 Å². The molecule has 1 aliphatic rings. The summed E-state index contributed by atoms with van der Waals surface area (Å²) in [6.45, 7) is 3.48. The minimum atomic E-state index is -0.0117. The number of rotatable bonds is 2. The summed E-state index contributed by atoms with van der Waals surface area (Å²) in [6.07, 6.45) is 1.04. The average molecular weight is 242 g/mol. The van der Waals surface area contributed by atoms with Crippen molar-refractivity contribution in [1.82, 2.24) is 0 Å². The Hall–Kier alpha value is -0.770. The zero-order valence-electron chi connectivity index (χ0n) is 9.16. The SMILES string of the molecule is OCc1ccc(N2CCCOCC2)cc1Cl. The molecule has 0 aromatic heterocycles. The maximum atomic E-state index is 9.05. The standard InChI is InChI=1S/C12H16ClNO2/c13-12-8-11(3-2-10(12)9-15)14-4-1-6-16-7-5-14/h2-3,8,15H,1,4-7,9H2. The van der Waals surface area contributed by atoms with Gasteiger partial charge in [0.15, 0.2) is 0 Å². The van der Waals surface area contributed by atoms with E-state index in [-0.39, 0.29) is 6.61 Å². The molecule has 0 spiro atoms. The van der Waals surface area contributed by atoms with Crippen LogP contribution in [-0.4, -0.2) is 31.4 Å². The fourth-order valence-corrected chi connectivity index (χ4v) is 2.10. The van der Waals surface area contributed by atoms with Crippen molar-refractivity contribution in [3.63, 3.8) is 0 Å². The van der Waals surface area contributed by atoms with E-state index < -0.39 is 0 Å². The van der Waals surface area contributed by atoms with E-state index in [2.05, 4.69) is 4.90 Å². The van der Waals surface area contributed by atoms with Crippen LogP contribution in [0, 0.1) is 0 Å². The van der Waals surface area contributed by atoms with Gasteiger partial charge in [-0.05, 0) is 24.1 Å². The summed E-state index contributed by atoms with van der Waals surface area (Å²) in [4.78, 5) is 2.26. The maximum Gasteiger partial charge on any atom is 0.0696 e. The highest BCUT2D eigenvalue weighted by atomic mass is 35.5. The third-order valence-corrected chi connectivity index (χ3v) is 3.15. The predicted molar refractivity (Wildman–Crippen MR) is 65.0 cm³/mol. The summed E-state index contributed by atoms with van der Waals surface area (Å²) in [5.41, 5.74) is 1.88. The molecule has 1 N–H and O–H groups in total. The zero-order valence-corrected chi connectivity index (χ0v) is 9.91. The zero-order chi connectivity index (χ0) is 11.4. The molecule has 16 heavy (non-hydrogen) atoms. The third-order valence-electron chi connectivity index (χ3n) is 2.79. The predicted octanol–water partition coefficient (Wildman–Crippen LogP) is 2.06. The first-order chi connectivity index (χ1) is 7.81. The first kappa shape index (κ1) is 11.7. The van der Waals surface area contributed by atoms with Crippen LogP contribution in [0.15, 0.2) is 18.2 Å². The highest BCUT2D eigenvalue weighted by molar-refractivity contribution is 6.31. The fourth-order valence-electron chi connectivity index (χ4n) is 1.87. The van der Waals surface area contributed by atoms with Crippen LogP contribution in [0.2, 0.25) is 5.02 Å². The van der Waals surface area contributed by atoms with Gasteiger partial charge in [0.1, 0.15) is 0 Å². The Balaban J connectivity index is 2.16. The molecule has 4 heteroatoms. The van der Waals surface area contributed by atoms with Crippen LogP contribution in [0.4, 0.5) is 5.69 Å². The molecule has 1 aromatic rings. The summed E-state index contributed by atoms with van der Waals surface area (Å²) in [6, 6.07) is 5.80. The maximum absolute atomic E-state index is 9.05. The number of nitrogens with zero attached hydrogens (tertiary/aromatic N) is 1. The minimum absolute atomic E-state index is 0.0117. The lowest BCUT2D eigenvalue weighted by Gasteiger charge is -2.22. The van der Waals surface area contributed by atoms with E-state index in [1.807, 2.05) is 18.2 Å². The Morgan fingerprint density at radius 2 is 2.19 bits per heavy atom. The second kappa shape index (κ2) is 5.53. The first-order valence-electron chi connectivity index (χ1n) is 5.53. The molecule has 0 unspecified atom stereocenters. The van der Waals surface area contributed by atoms with Crippen LogP contribution >= 0.6 is 11.6 Å². The van der Waals surface area contributed by atoms with Crippen molar-refractivity contribution in [3.05, 3.63) is 28.8 Å². The van der Waals surface area contributed by atoms with Gasteiger partial charge in [-0.25, -0.2) is 0 Å². The highest BCUT2D eigenvalue weighted by Crippen LogP contribution is 2.24. The molecule has 0 atom stereocenters. The number of hydrogen-bond acceptors (Lipinski definition) is 3. The van der Waals surface area contributed by atoms with Crippen LogP contribution < -0.4 is 4.90 Å². The van der Waals surface area contributed by atoms with Gasteiger partial charge in [0, 0.05) is 30.4 Å². The monoisotopic (exact) mass is 241 g/mol. The molecular formula is C12H16ClNO2. The average Bonchev–Trinajstić information content (AvgIpc) is 2.57. The molecule has 1 heterocycles. The van der Waals surface area contributed by atoms with Gasteiger partial charge >= 0.3 is 0 Å². The van der Waals surface area contributed by atoms with Crippen molar-refractivity contribution < 1.29 is 9.84 Å². The molecule has 0 saturated carbocycles. The lowest BCUT2D eigenvalue weighted by atomic mass is 10.2. The fraction of sp³-hybridized carbons (Fsp3) is 0.500. The number of benzene rings is 1. The van der Waals surface area contributed by atoms with Gasteiger partial charge in [-0.15, -0.1) is 0 Å². The molecule has 1 aliphatic heterocycles. The van der Waals surface area contributed by atoms with Crippen molar-refractivity contribution in [1.29, 1.82) is 0 Å². The van der Waals surface area contributed by atoms with Crippen molar-refractivity contribution in [2.24, 2.45) is 0 Å². The molecule has 1 fully saturated rings. The topological polar surface area (TPSA) is 32.7 Å². The van der Waals surface area contributed by atoms with Gasteiger partial charge in [0.05, 0.1) is 13.2 Å². The van der Waals surface area contributed by atoms with Crippen molar-refractivity contribution in [2.75, 3.05) is 31.2 Å². The summed E-state index contributed by atoms with van der Waals surface area (Å²) in [5.74, 6) is 0. The van der Waals surface area contributed by atoms with Gasteiger partial charge in [-0.3, -0.25) is 0 Å². The van der Waals surface area contributed by atoms with Gasteiger partial charge < -0.3 is 14.7 Å². The Morgan fingerprint density at radius 3 is 2.94 bits per heavy atom. The molecule has 1 saturated heterocycles. The van der Waals surface area contributed by atoms with Crippen molar-refractivity contribution in [2.45, 2.75) is 13.0 Å². The molecule has 0 aliphatic carbocycles. The molecule has 2 rings (SSSR count). The van der Waals surface area contributed by atoms with E-state index in [1.165, 1.54) is 0 Å². The summed E-state index contributed by atoms with van der Waals surface area (Å²) >= 11 is 6.07. The smallest absolute Gasteiger partial charge is 0.0696 e. The van der Waals surface area contributed by atoms with E-state index in [9.17, 15) is 0 Å². The van der Waals surface area contributed by atoms with E-state index in [1.54, 1.807) is 0 Å². The molecular weight excluding hydrogens is 226 g/mol. The molecule has 0 bridgehead atoms. The third kappa shape index (κ3) is 2.67. The minimum Gasteiger partial charge on any atom is -0.392 e. The normalized spacial score (nSPS) is 17.2. The Morgan fingerprint density at radius 1 is 1.31 bits per heavy atom. The van der Waals surface area contributed by atoms with E-state index >= 15 is 0 Å². The lowest BCUT2D eigenvalue weighted by molar-refractivity contribution is 0.152. The lowest BCUT2D eigenvalue weighted by Crippen LogP contribution is -2.25. The van der Waals surface area contributed by atoms with Crippen LogP contribution in [0.25, 0.3) is 0 Å². The van der Waals surface area contributed by atoms with Gasteiger partial charge in [-0.2, -0.15) is 0 Å². The van der Waals surface area contributed by atoms with Crippen LogP contribution in [0.1, 0.15) is 12.0 Å². The Kier molecular flexibility index (Phi) is 4.04. The number of ether oxygens (including phenoxy) is 1. The van der Waals surface area contributed by atoms with Gasteiger partial charge in [0.25, 0.3) is 0 Å². The Bertz CT molecular complexity index is 349. The van der Waals surface area contributed by atoms with E-state index in [0.717, 1.165) is 44.0 Å². The number of aliphatic hydroxyl groups excluding tert-OH is 1. The van der Waals surface area contributed by atoms with Gasteiger partial charge in [0.2, 0.25) is 0 Å². The molecule has 1 aromatic carbocycles. The summed E-state index contributed by atoms with van der Waals surface area (Å²) < 4.78 is 5.41. The highest BCUT2D eigenvalue weighted by Gasteiger charge is 2.11. The molecule has 0 amide bonds. The van der Waals surface area contributed by atoms with Crippen LogP contribution in [0.3, 0.4) is 0 Å². The second-order valence-electron chi connectivity index (χ2n) is 3.89. The van der Waals surface area contributed by atoms with Crippen molar-refractivity contribution >= 4 is 17.3 Å². The summed E-state index contributed by atoms with van der Waals surface area (Å²) in [5, 5.41) is 9.68. The largest absolute Gasteiger partial charge is 0.392 e. The van der Waals surface area contributed by atoms with E-state index in [0.29, 0.717) is 5.02 Å².